The molecule has 0 atom stereocenters. The number of piperidine rings is 1. The minimum absolute atomic E-state index is 0.153. The number of carbonyl (C=O) groups excluding carboxylic acids is 1. The van der Waals surface area contributed by atoms with Crippen LogP contribution in [0.15, 0.2) is 36.7 Å². The number of carbonyl (C=O) groups is 1. The lowest BCUT2D eigenvalue weighted by Crippen LogP contribution is -2.47. The number of ether oxygens (including phenoxy) is 4. The number of halogens is 1. The Morgan fingerprint density at radius 1 is 1.00 bits per heavy atom. The van der Waals surface area contributed by atoms with Gasteiger partial charge in [-0.15, -0.1) is 6.42 Å². The third-order valence-electron chi connectivity index (χ3n) is 8.15. The highest BCUT2D eigenvalue weighted by atomic mass is 35.5. The molecule has 0 saturated carbocycles. The van der Waals surface area contributed by atoms with E-state index in [2.05, 4.69) is 20.8 Å². The van der Waals surface area contributed by atoms with Crippen LogP contribution in [0.2, 0.25) is 5.02 Å². The third kappa shape index (κ3) is 8.57. The van der Waals surface area contributed by atoms with Gasteiger partial charge in [-0.2, -0.15) is 11.8 Å². The quantitative estimate of drug-likeness (QED) is 0.151. The molecule has 1 amide bonds. The fraction of sp³-hybridized carbons (Fsp3) is 0.545. The lowest BCUT2D eigenvalue weighted by molar-refractivity contribution is -0.124. The lowest BCUT2D eigenvalue weighted by Gasteiger charge is -2.33. The van der Waals surface area contributed by atoms with Crippen molar-refractivity contribution in [2.75, 3.05) is 82.4 Å². The normalized spacial score (nSPS) is 15.6. The van der Waals surface area contributed by atoms with Crippen LogP contribution in [0.4, 0.5) is 5.69 Å². The van der Waals surface area contributed by atoms with Crippen molar-refractivity contribution in [1.29, 1.82) is 0 Å². The number of rotatable bonds is 19. The van der Waals surface area contributed by atoms with Crippen LogP contribution in [-0.4, -0.2) is 97.9 Å². The molecule has 12 heteroatoms. The molecule has 0 radical (unpaired) electrons. The molecular weight excluding hydrogens is 614 g/mol. The molecule has 0 unspecified atom stereocenters. The molecule has 1 spiro atoms. The van der Waals surface area contributed by atoms with Gasteiger partial charge in [-0.1, -0.05) is 17.5 Å². The van der Waals surface area contributed by atoms with Gasteiger partial charge in [0.25, 0.3) is 0 Å². The van der Waals surface area contributed by atoms with E-state index < -0.39 is 5.41 Å². The van der Waals surface area contributed by atoms with Crippen molar-refractivity contribution in [3.8, 4) is 12.3 Å². The van der Waals surface area contributed by atoms with Crippen molar-refractivity contribution in [3.05, 3.63) is 53.1 Å². The van der Waals surface area contributed by atoms with Crippen LogP contribution in [0.1, 0.15) is 30.7 Å². The summed E-state index contributed by atoms with van der Waals surface area (Å²) in [6, 6.07) is 7.84. The van der Waals surface area contributed by atoms with Crippen LogP contribution >= 0.6 is 23.4 Å². The molecule has 2 aliphatic heterocycles. The molecule has 10 nitrogen and oxygen atoms in total. The van der Waals surface area contributed by atoms with Gasteiger partial charge in [0, 0.05) is 23.5 Å². The highest BCUT2D eigenvalue weighted by Crippen LogP contribution is 2.47. The van der Waals surface area contributed by atoms with E-state index in [1.807, 2.05) is 47.1 Å². The van der Waals surface area contributed by atoms with Crippen molar-refractivity contribution in [1.82, 2.24) is 19.9 Å². The highest BCUT2D eigenvalue weighted by molar-refractivity contribution is 7.99. The standard InChI is InChI=1S/C33H42ClN5O5S/c1-2-13-41-14-15-42-16-17-43-18-19-44-20-22-45-21-3-12-38-29-5-4-26(34)23-28(29)37-31(38)25-39-30-24-36-9-6-27(30)33(32(39)40)7-10-35-11-8-33/h1,4-6,9,23-24,35H,3,7-8,10-22,25H2. The number of pyridine rings is 1. The Morgan fingerprint density at radius 3 is 2.49 bits per heavy atom. The smallest absolute Gasteiger partial charge is 0.238 e. The molecule has 0 bridgehead atoms. The Labute approximate surface area is 274 Å². The van der Waals surface area contributed by atoms with E-state index in [4.69, 9.17) is 42.0 Å². The number of thioether (sulfide) groups is 1. The summed E-state index contributed by atoms with van der Waals surface area (Å²) < 4.78 is 24.0. The SMILES string of the molecule is C#CCOCCOCCOCCOCCSCCCn1c(CN2C(=O)C3(CCNCC3)c3ccncc32)nc2cc(Cl)ccc21. The van der Waals surface area contributed by atoms with Crippen molar-refractivity contribution in [2.45, 2.75) is 37.8 Å². The van der Waals surface area contributed by atoms with E-state index in [1.54, 1.807) is 6.20 Å². The van der Waals surface area contributed by atoms with Gasteiger partial charge in [0.2, 0.25) is 5.91 Å². The summed E-state index contributed by atoms with van der Waals surface area (Å²) in [5, 5.41) is 4.06. The molecule has 1 aromatic carbocycles. The Hall–Kier alpha value is -2.69. The summed E-state index contributed by atoms with van der Waals surface area (Å²) in [6.45, 7) is 6.99. The maximum Gasteiger partial charge on any atom is 0.238 e. The molecule has 1 N–H and O–H groups in total. The van der Waals surface area contributed by atoms with Crippen molar-refractivity contribution in [3.63, 3.8) is 0 Å². The minimum Gasteiger partial charge on any atom is -0.378 e. The summed E-state index contributed by atoms with van der Waals surface area (Å²) >= 11 is 8.19. The second kappa shape index (κ2) is 17.3. The van der Waals surface area contributed by atoms with Crippen LogP contribution < -0.4 is 10.2 Å². The van der Waals surface area contributed by atoms with Gasteiger partial charge in [-0.25, -0.2) is 4.98 Å². The van der Waals surface area contributed by atoms with Gasteiger partial charge in [-0.3, -0.25) is 9.78 Å². The van der Waals surface area contributed by atoms with Crippen LogP contribution in [0, 0.1) is 12.3 Å². The minimum atomic E-state index is -0.485. The number of aromatic nitrogens is 3. The molecule has 242 valence electrons. The van der Waals surface area contributed by atoms with E-state index in [-0.39, 0.29) is 5.91 Å². The number of hydrogen-bond acceptors (Lipinski definition) is 9. The zero-order valence-electron chi connectivity index (χ0n) is 25.7. The van der Waals surface area contributed by atoms with E-state index in [0.717, 1.165) is 78.5 Å². The summed E-state index contributed by atoms with van der Waals surface area (Å²) in [5.74, 6) is 5.33. The van der Waals surface area contributed by atoms with Crippen LogP contribution in [0.5, 0.6) is 0 Å². The summed E-state index contributed by atoms with van der Waals surface area (Å²) in [6.07, 6.45) is 11.3. The zero-order valence-corrected chi connectivity index (χ0v) is 27.3. The summed E-state index contributed by atoms with van der Waals surface area (Å²) in [7, 11) is 0. The Morgan fingerprint density at radius 2 is 1.73 bits per heavy atom. The average molecular weight is 656 g/mol. The number of terminal acetylenes is 1. The van der Waals surface area contributed by atoms with Gasteiger partial charge in [0.05, 0.1) is 81.1 Å². The predicted octanol–water partition coefficient (Wildman–Crippen LogP) is 4.08. The molecule has 0 aliphatic carbocycles. The predicted molar refractivity (Wildman–Crippen MR) is 178 cm³/mol. The number of hydrogen-bond donors (Lipinski definition) is 1. The number of benzene rings is 1. The van der Waals surface area contributed by atoms with E-state index in [1.165, 1.54) is 0 Å². The third-order valence-corrected chi connectivity index (χ3v) is 9.42. The maximum absolute atomic E-state index is 14.0. The molecule has 1 saturated heterocycles. The zero-order chi connectivity index (χ0) is 31.3. The van der Waals surface area contributed by atoms with Crippen molar-refractivity contribution in [2.24, 2.45) is 0 Å². The second-order valence-corrected chi connectivity index (χ2v) is 12.6. The number of fused-ring (bicyclic) bond motifs is 3. The molecule has 1 fully saturated rings. The molecule has 4 heterocycles. The van der Waals surface area contributed by atoms with Gasteiger partial charge < -0.3 is 33.7 Å². The lowest BCUT2D eigenvalue weighted by atomic mass is 9.74. The van der Waals surface area contributed by atoms with E-state index in [0.29, 0.717) is 64.4 Å². The first-order valence-corrected chi connectivity index (χ1v) is 17.1. The van der Waals surface area contributed by atoms with E-state index in [9.17, 15) is 4.79 Å². The largest absolute Gasteiger partial charge is 0.378 e. The highest BCUT2D eigenvalue weighted by Gasteiger charge is 2.51. The van der Waals surface area contributed by atoms with Gasteiger partial charge in [0.15, 0.2) is 0 Å². The average Bonchev–Trinajstić information content (AvgIpc) is 3.50. The fourth-order valence-electron chi connectivity index (χ4n) is 5.98. The Balaban J connectivity index is 1.07. The van der Waals surface area contributed by atoms with E-state index >= 15 is 0 Å². The van der Waals surface area contributed by atoms with Gasteiger partial charge in [0.1, 0.15) is 12.4 Å². The number of aryl methyl sites for hydroxylation is 1. The topological polar surface area (TPSA) is 100.0 Å². The molecular formula is C33H42ClN5O5S. The number of amides is 1. The Bertz CT molecular complexity index is 1440. The first kappa shape index (κ1) is 33.7. The van der Waals surface area contributed by atoms with Crippen molar-refractivity contribution < 1.29 is 23.7 Å². The van der Waals surface area contributed by atoms with Crippen LogP contribution in [0.3, 0.4) is 0 Å². The van der Waals surface area contributed by atoms with Gasteiger partial charge >= 0.3 is 0 Å². The monoisotopic (exact) mass is 655 g/mol. The first-order chi connectivity index (χ1) is 22.1. The molecule has 2 aromatic heterocycles. The first-order valence-electron chi connectivity index (χ1n) is 15.6. The molecule has 5 rings (SSSR count). The number of nitrogens with one attached hydrogen (secondary N) is 1. The maximum atomic E-state index is 14.0. The molecule has 45 heavy (non-hydrogen) atoms. The molecule has 2 aliphatic rings. The van der Waals surface area contributed by atoms with Crippen LogP contribution in [-0.2, 0) is 42.2 Å². The second-order valence-electron chi connectivity index (χ2n) is 11.0. The summed E-state index contributed by atoms with van der Waals surface area (Å²) in [5.41, 5.74) is 3.38. The number of nitrogens with zero attached hydrogens (tertiary/aromatic N) is 4. The number of imidazole rings is 1. The van der Waals surface area contributed by atoms with Gasteiger partial charge in [-0.05, 0) is 67.9 Å². The number of anilines is 1. The van der Waals surface area contributed by atoms with Crippen molar-refractivity contribution >= 4 is 46.0 Å². The van der Waals surface area contributed by atoms with Crippen LogP contribution in [0.25, 0.3) is 11.0 Å². The summed E-state index contributed by atoms with van der Waals surface area (Å²) in [4.78, 5) is 25.3. The molecule has 3 aromatic rings. The Kier molecular flexibility index (Phi) is 12.9. The fourth-order valence-corrected chi connectivity index (χ4v) is 6.92.